The number of thiophene rings is 1. The van der Waals surface area contributed by atoms with Crippen molar-refractivity contribution < 1.29 is 19.2 Å². The monoisotopic (exact) mass is 548 g/mol. The summed E-state index contributed by atoms with van der Waals surface area (Å²) in [5, 5.41) is 12.5. The first-order chi connectivity index (χ1) is 17.0. The number of carbonyl (C=O) groups is 1. The van der Waals surface area contributed by atoms with Gasteiger partial charge < -0.3 is 9.47 Å². The first-order valence-corrected chi connectivity index (χ1v) is 12.9. The van der Waals surface area contributed by atoms with Gasteiger partial charge in [-0.2, -0.15) is 0 Å². The normalized spacial score (nSPS) is 14.0. The van der Waals surface area contributed by atoms with E-state index in [4.69, 9.17) is 14.5 Å². The van der Waals surface area contributed by atoms with Crippen LogP contribution in [0.4, 0.5) is 10.8 Å². The Morgan fingerprint density at radius 1 is 1.17 bits per heavy atom. The number of halogens is 1. The number of rotatable bonds is 8. The number of hydrogen-bond donors (Lipinski definition) is 0. The van der Waals surface area contributed by atoms with Crippen molar-refractivity contribution in [3.05, 3.63) is 57.5 Å². The molecule has 1 aliphatic heterocycles. The summed E-state index contributed by atoms with van der Waals surface area (Å²) in [7, 11) is 1.62. The number of nitrogens with zero attached hydrogens (tertiary/aromatic N) is 4. The van der Waals surface area contributed by atoms with Crippen LogP contribution in [0.25, 0.3) is 20.3 Å². The van der Waals surface area contributed by atoms with Crippen molar-refractivity contribution in [1.29, 1.82) is 0 Å². The number of hydrogen-bond acceptors (Lipinski definition) is 9. The zero-order chi connectivity index (χ0) is 24.4. The van der Waals surface area contributed by atoms with Gasteiger partial charge >= 0.3 is 0 Å². The van der Waals surface area contributed by atoms with Crippen LogP contribution in [-0.2, 0) is 4.74 Å². The van der Waals surface area contributed by atoms with Crippen LogP contribution in [0.5, 0.6) is 5.75 Å². The van der Waals surface area contributed by atoms with Gasteiger partial charge in [0.1, 0.15) is 5.75 Å². The van der Waals surface area contributed by atoms with E-state index in [0.717, 1.165) is 59.9 Å². The summed E-state index contributed by atoms with van der Waals surface area (Å²) in [4.78, 5) is 33.8. The molecule has 0 atom stereocenters. The molecule has 4 aromatic rings. The van der Waals surface area contributed by atoms with Crippen molar-refractivity contribution in [3.63, 3.8) is 0 Å². The lowest BCUT2D eigenvalue weighted by Gasteiger charge is -2.27. The van der Waals surface area contributed by atoms with E-state index < -0.39 is 4.92 Å². The molecule has 2 aromatic heterocycles. The van der Waals surface area contributed by atoms with Crippen LogP contribution in [0, 0.1) is 10.1 Å². The van der Waals surface area contributed by atoms with Gasteiger partial charge in [-0.3, -0.25) is 24.7 Å². The summed E-state index contributed by atoms with van der Waals surface area (Å²) in [5.41, 5.74) is 0.820. The molecule has 0 aliphatic carbocycles. The van der Waals surface area contributed by atoms with Crippen molar-refractivity contribution in [2.75, 3.05) is 51.4 Å². The number of methoxy groups -OCH3 is 1. The molecule has 3 heterocycles. The van der Waals surface area contributed by atoms with Crippen molar-refractivity contribution in [1.82, 2.24) is 9.88 Å². The molecule has 1 aliphatic rings. The summed E-state index contributed by atoms with van der Waals surface area (Å²) < 4.78 is 12.5. The van der Waals surface area contributed by atoms with Crippen molar-refractivity contribution in [2.24, 2.45) is 0 Å². The Kier molecular flexibility index (Phi) is 8.37. The van der Waals surface area contributed by atoms with Gasteiger partial charge in [-0.05, 0) is 36.8 Å². The molecule has 0 radical (unpaired) electrons. The molecule has 1 fully saturated rings. The zero-order valence-corrected chi connectivity index (χ0v) is 22.0. The van der Waals surface area contributed by atoms with Gasteiger partial charge in [-0.25, -0.2) is 4.98 Å². The Balaban J connectivity index is 0.00000304. The molecule has 12 heteroatoms. The molecule has 9 nitrogen and oxygen atoms in total. The Bertz CT molecular complexity index is 1390. The van der Waals surface area contributed by atoms with E-state index in [9.17, 15) is 14.9 Å². The highest BCUT2D eigenvalue weighted by Gasteiger charge is 2.24. The van der Waals surface area contributed by atoms with Gasteiger partial charge in [0.2, 0.25) is 0 Å². The largest absolute Gasteiger partial charge is 0.497 e. The van der Waals surface area contributed by atoms with E-state index in [-0.39, 0.29) is 24.0 Å². The first kappa shape index (κ1) is 26.2. The second-order valence-corrected chi connectivity index (χ2v) is 10.3. The lowest BCUT2D eigenvalue weighted by atomic mass is 10.2. The minimum absolute atomic E-state index is 0. The topological polar surface area (TPSA) is 98.0 Å². The molecule has 5 rings (SSSR count). The molecule has 36 heavy (non-hydrogen) atoms. The van der Waals surface area contributed by atoms with Gasteiger partial charge in [-0.1, -0.05) is 11.3 Å². The molecule has 0 saturated carbocycles. The molecule has 0 bridgehead atoms. The minimum atomic E-state index is -0.425. The van der Waals surface area contributed by atoms with E-state index in [2.05, 4.69) is 4.90 Å². The van der Waals surface area contributed by atoms with Crippen molar-refractivity contribution >= 4 is 72.1 Å². The van der Waals surface area contributed by atoms with E-state index in [0.29, 0.717) is 21.9 Å². The highest BCUT2D eigenvalue weighted by molar-refractivity contribution is 7.23. The molecular formula is C24H25ClN4O5S2. The highest BCUT2D eigenvalue weighted by atomic mass is 35.5. The summed E-state index contributed by atoms with van der Waals surface area (Å²) in [5.74, 6) is 0.589. The quantitative estimate of drug-likeness (QED) is 0.220. The molecule has 1 saturated heterocycles. The number of ether oxygens (including phenoxy) is 2. The maximum Gasteiger partial charge on any atom is 0.270 e. The summed E-state index contributed by atoms with van der Waals surface area (Å²) in [6.45, 7) is 4.63. The maximum atomic E-state index is 13.7. The number of thiazole rings is 1. The summed E-state index contributed by atoms with van der Waals surface area (Å²) in [6, 6.07) is 12.1. The van der Waals surface area contributed by atoms with E-state index in [1.54, 1.807) is 24.1 Å². The Hall–Kier alpha value is -2.83. The average Bonchev–Trinajstić information content (AvgIpc) is 3.50. The molecule has 2 aromatic carbocycles. The van der Waals surface area contributed by atoms with Crippen LogP contribution in [0.3, 0.4) is 0 Å². The van der Waals surface area contributed by atoms with E-state index in [1.165, 1.54) is 34.8 Å². The standard InChI is InChI=1S/C24H24N4O5S2.ClH/c1-32-18-4-5-19-21(15-18)35-24(25-19)27(8-2-7-26-9-11-33-12-10-26)23(29)22-14-16-13-17(28(30)31)3-6-20(16)34-22;/h3-6,13-15H,2,7-12H2,1H3;1H. The van der Waals surface area contributed by atoms with Crippen LogP contribution in [-0.4, -0.2) is 67.2 Å². The second kappa shape index (κ2) is 11.5. The zero-order valence-electron chi connectivity index (χ0n) is 19.5. The van der Waals surface area contributed by atoms with Crippen LogP contribution in [0.1, 0.15) is 16.1 Å². The van der Waals surface area contributed by atoms with Crippen molar-refractivity contribution in [2.45, 2.75) is 6.42 Å². The van der Waals surface area contributed by atoms with Gasteiger partial charge in [0.25, 0.3) is 11.6 Å². The number of carbonyl (C=O) groups excluding carboxylic acids is 1. The lowest BCUT2D eigenvalue weighted by molar-refractivity contribution is -0.384. The number of nitro groups is 1. The number of non-ortho nitro benzene ring substituents is 1. The van der Waals surface area contributed by atoms with E-state index in [1.807, 2.05) is 18.2 Å². The maximum absolute atomic E-state index is 13.7. The van der Waals surface area contributed by atoms with Crippen LogP contribution < -0.4 is 9.64 Å². The number of anilines is 1. The minimum Gasteiger partial charge on any atom is -0.497 e. The Morgan fingerprint density at radius 2 is 1.97 bits per heavy atom. The third-order valence-electron chi connectivity index (χ3n) is 5.94. The van der Waals surface area contributed by atoms with Crippen molar-refractivity contribution in [3.8, 4) is 5.75 Å². The molecular weight excluding hydrogens is 524 g/mol. The molecule has 0 spiro atoms. The number of nitro benzene ring substituents is 1. The molecule has 1 amide bonds. The second-order valence-electron chi connectivity index (χ2n) is 8.18. The Morgan fingerprint density at radius 3 is 2.72 bits per heavy atom. The number of aromatic nitrogens is 1. The number of amides is 1. The van der Waals surface area contributed by atoms with Crippen LogP contribution in [0.15, 0.2) is 42.5 Å². The number of morpholine rings is 1. The highest BCUT2D eigenvalue weighted by Crippen LogP contribution is 2.34. The lowest BCUT2D eigenvalue weighted by Crippen LogP contribution is -2.39. The van der Waals surface area contributed by atoms with Gasteiger partial charge in [0, 0.05) is 48.4 Å². The fourth-order valence-corrected chi connectivity index (χ4v) is 6.09. The smallest absolute Gasteiger partial charge is 0.270 e. The number of fused-ring (bicyclic) bond motifs is 2. The first-order valence-electron chi connectivity index (χ1n) is 11.3. The van der Waals surface area contributed by atoms with Gasteiger partial charge in [0.05, 0.1) is 40.3 Å². The fraction of sp³-hybridized carbons (Fsp3) is 0.333. The molecule has 0 unspecified atom stereocenters. The average molecular weight is 549 g/mol. The van der Waals surface area contributed by atoms with Gasteiger partial charge in [-0.15, -0.1) is 23.7 Å². The van der Waals surface area contributed by atoms with E-state index >= 15 is 0 Å². The third kappa shape index (κ3) is 5.60. The third-order valence-corrected chi connectivity index (χ3v) is 8.09. The molecule has 190 valence electrons. The van der Waals surface area contributed by atoms with Gasteiger partial charge in [0.15, 0.2) is 5.13 Å². The van der Waals surface area contributed by atoms with Crippen LogP contribution in [0.2, 0.25) is 0 Å². The van der Waals surface area contributed by atoms with Crippen LogP contribution >= 0.6 is 35.1 Å². The SMILES string of the molecule is COc1ccc2nc(N(CCCN3CCOCC3)C(=O)c3cc4cc([N+](=O)[O-])ccc4s3)sc2c1.Cl. The fourth-order valence-electron chi connectivity index (χ4n) is 4.08. The number of benzene rings is 2. The Labute approximate surface area is 221 Å². The predicted octanol–water partition coefficient (Wildman–Crippen LogP) is 5.22. The summed E-state index contributed by atoms with van der Waals surface area (Å²) >= 11 is 2.79. The molecule has 0 N–H and O–H groups in total. The summed E-state index contributed by atoms with van der Waals surface area (Å²) in [6.07, 6.45) is 0.793. The predicted molar refractivity (Wildman–Crippen MR) is 145 cm³/mol.